The van der Waals surface area contributed by atoms with Crippen LogP contribution in [0.25, 0.3) is 0 Å². The van der Waals surface area contributed by atoms with Gasteiger partial charge in [-0.1, -0.05) is 36.9 Å². The van der Waals surface area contributed by atoms with E-state index < -0.39 is 18.4 Å². The van der Waals surface area contributed by atoms with Gasteiger partial charge in [-0.15, -0.1) is 0 Å². The first-order valence-corrected chi connectivity index (χ1v) is 4.40. The summed E-state index contributed by atoms with van der Waals surface area (Å²) in [4.78, 5) is 10.7. The molecule has 0 aliphatic rings. The molecule has 1 amide bonds. The van der Waals surface area contributed by atoms with Gasteiger partial charge in [0, 0.05) is 5.56 Å². The van der Waals surface area contributed by atoms with E-state index in [9.17, 15) is 13.6 Å². The zero-order valence-corrected chi connectivity index (χ0v) is 8.04. The molecule has 1 aromatic rings. The summed E-state index contributed by atoms with van der Waals surface area (Å²) in [5.74, 6) is -3.66. The highest BCUT2D eigenvalue weighted by Crippen LogP contribution is 2.26. The van der Waals surface area contributed by atoms with Crippen molar-refractivity contribution in [3.05, 3.63) is 48.6 Å². The fourth-order valence-electron chi connectivity index (χ4n) is 1.05. The van der Waals surface area contributed by atoms with Gasteiger partial charge in [0.25, 0.3) is 5.92 Å². The molecule has 0 aromatic heterocycles. The third-order valence-corrected chi connectivity index (χ3v) is 1.87. The lowest BCUT2D eigenvalue weighted by Gasteiger charge is -2.16. The number of benzene rings is 1. The van der Waals surface area contributed by atoms with Gasteiger partial charge >= 0.3 is 0 Å². The highest BCUT2D eigenvalue weighted by atomic mass is 19.3. The molecule has 0 bridgehead atoms. The Morgan fingerprint density at radius 2 is 2.00 bits per heavy atom. The molecule has 1 N–H and O–H groups in total. The van der Waals surface area contributed by atoms with Crippen LogP contribution in [0.15, 0.2) is 43.0 Å². The van der Waals surface area contributed by atoms with Gasteiger partial charge in [0.1, 0.15) is 0 Å². The van der Waals surface area contributed by atoms with Crippen LogP contribution in [0.4, 0.5) is 8.78 Å². The maximum atomic E-state index is 13.4. The van der Waals surface area contributed by atoms with Crippen molar-refractivity contribution in [1.29, 1.82) is 0 Å². The van der Waals surface area contributed by atoms with E-state index >= 15 is 0 Å². The maximum absolute atomic E-state index is 13.4. The number of alkyl halides is 2. The third-order valence-electron chi connectivity index (χ3n) is 1.87. The molecule has 0 heterocycles. The first-order valence-electron chi connectivity index (χ1n) is 4.40. The van der Waals surface area contributed by atoms with Gasteiger partial charge in [0.05, 0.1) is 6.54 Å². The molecule has 0 unspecified atom stereocenters. The second-order valence-electron chi connectivity index (χ2n) is 2.99. The number of amides is 1. The lowest BCUT2D eigenvalue weighted by molar-refractivity contribution is -0.118. The monoisotopic (exact) mass is 211 g/mol. The van der Waals surface area contributed by atoms with E-state index in [0.29, 0.717) is 0 Å². The second-order valence-corrected chi connectivity index (χ2v) is 2.99. The van der Waals surface area contributed by atoms with Crippen molar-refractivity contribution < 1.29 is 13.6 Å². The van der Waals surface area contributed by atoms with E-state index in [2.05, 4.69) is 11.9 Å². The minimum absolute atomic E-state index is 0.116. The molecule has 0 spiro atoms. The predicted molar refractivity (Wildman–Crippen MR) is 53.5 cm³/mol. The number of carbonyl (C=O) groups excluding carboxylic acids is 1. The Morgan fingerprint density at radius 3 is 2.53 bits per heavy atom. The molecule has 80 valence electrons. The predicted octanol–water partition coefficient (Wildman–Crippen LogP) is 2.08. The zero-order valence-electron chi connectivity index (χ0n) is 8.04. The number of halogens is 2. The zero-order chi connectivity index (χ0) is 11.3. The SMILES string of the molecule is C=CC(=O)NCC(F)(F)c1ccccc1. The summed E-state index contributed by atoms with van der Waals surface area (Å²) in [5.41, 5.74) is -0.116. The molecule has 1 rings (SSSR count). The highest BCUT2D eigenvalue weighted by Gasteiger charge is 2.31. The Balaban J connectivity index is 2.67. The maximum Gasteiger partial charge on any atom is 0.290 e. The van der Waals surface area contributed by atoms with Crippen LogP contribution in [0.5, 0.6) is 0 Å². The molecule has 1 aromatic carbocycles. The Labute approximate surface area is 86.6 Å². The average Bonchev–Trinajstić information content (AvgIpc) is 2.27. The number of hydrogen-bond acceptors (Lipinski definition) is 1. The number of rotatable bonds is 4. The summed E-state index contributed by atoms with van der Waals surface area (Å²) in [6.07, 6.45) is 0.959. The van der Waals surface area contributed by atoms with Crippen LogP contribution >= 0.6 is 0 Å². The molecule has 2 nitrogen and oxygen atoms in total. The first-order chi connectivity index (χ1) is 7.06. The van der Waals surface area contributed by atoms with Crippen LogP contribution in [-0.2, 0) is 10.7 Å². The van der Waals surface area contributed by atoms with Crippen LogP contribution < -0.4 is 5.32 Å². The smallest absolute Gasteiger partial charge is 0.290 e. The molecule has 0 aliphatic carbocycles. The topological polar surface area (TPSA) is 29.1 Å². The summed E-state index contributed by atoms with van der Waals surface area (Å²) in [6, 6.07) is 7.35. The Morgan fingerprint density at radius 1 is 1.40 bits per heavy atom. The molecule has 0 fully saturated rings. The lowest BCUT2D eigenvalue weighted by atomic mass is 10.1. The summed E-state index contributed by atoms with van der Waals surface area (Å²) in [5, 5.41) is 2.06. The van der Waals surface area contributed by atoms with Gasteiger partial charge in [0.15, 0.2) is 0 Å². The van der Waals surface area contributed by atoms with E-state index in [0.717, 1.165) is 6.08 Å². The van der Waals surface area contributed by atoms with E-state index in [1.165, 1.54) is 24.3 Å². The molecule has 0 aliphatic heterocycles. The van der Waals surface area contributed by atoms with Gasteiger partial charge in [0.2, 0.25) is 5.91 Å². The van der Waals surface area contributed by atoms with Crippen molar-refractivity contribution in [2.45, 2.75) is 5.92 Å². The summed E-state index contributed by atoms with van der Waals surface area (Å²) in [6.45, 7) is 2.46. The third kappa shape index (κ3) is 3.16. The van der Waals surface area contributed by atoms with Crippen molar-refractivity contribution in [3.8, 4) is 0 Å². The molecule has 0 saturated heterocycles. The van der Waals surface area contributed by atoms with E-state index in [1.807, 2.05) is 0 Å². The average molecular weight is 211 g/mol. The van der Waals surface area contributed by atoms with Crippen molar-refractivity contribution in [2.75, 3.05) is 6.54 Å². The van der Waals surface area contributed by atoms with Crippen molar-refractivity contribution in [3.63, 3.8) is 0 Å². The number of hydrogen-bond donors (Lipinski definition) is 1. The van der Waals surface area contributed by atoms with Gasteiger partial charge in [-0.25, -0.2) is 0 Å². The van der Waals surface area contributed by atoms with Gasteiger partial charge in [-0.3, -0.25) is 4.79 Å². The molecule has 0 radical (unpaired) electrons. The molecule has 0 atom stereocenters. The number of carbonyl (C=O) groups is 1. The number of nitrogens with one attached hydrogen (secondary N) is 1. The van der Waals surface area contributed by atoms with Gasteiger partial charge in [-0.2, -0.15) is 8.78 Å². The quantitative estimate of drug-likeness (QED) is 0.759. The fourth-order valence-corrected chi connectivity index (χ4v) is 1.05. The van der Waals surface area contributed by atoms with Crippen molar-refractivity contribution in [2.24, 2.45) is 0 Å². The molecular formula is C11H11F2NO. The molecule has 15 heavy (non-hydrogen) atoms. The second kappa shape index (κ2) is 4.68. The normalized spacial score (nSPS) is 10.8. The van der Waals surface area contributed by atoms with E-state index in [-0.39, 0.29) is 5.56 Å². The van der Waals surface area contributed by atoms with Crippen LogP contribution in [-0.4, -0.2) is 12.5 Å². The fraction of sp³-hybridized carbons (Fsp3) is 0.182. The minimum Gasteiger partial charge on any atom is -0.346 e. The van der Waals surface area contributed by atoms with Gasteiger partial charge in [-0.05, 0) is 6.08 Å². The van der Waals surface area contributed by atoms with Crippen LogP contribution in [0.3, 0.4) is 0 Å². The molecular weight excluding hydrogens is 200 g/mol. The largest absolute Gasteiger partial charge is 0.346 e. The molecule has 0 saturated carbocycles. The first kappa shape index (κ1) is 11.4. The summed E-state index contributed by atoms with van der Waals surface area (Å²) in [7, 11) is 0. The summed E-state index contributed by atoms with van der Waals surface area (Å²) >= 11 is 0. The van der Waals surface area contributed by atoms with E-state index in [4.69, 9.17) is 0 Å². The van der Waals surface area contributed by atoms with Crippen LogP contribution in [0.2, 0.25) is 0 Å². The Hall–Kier alpha value is -1.71. The standard InChI is InChI=1S/C11H11F2NO/c1-2-10(15)14-8-11(12,13)9-6-4-3-5-7-9/h2-7H,1,8H2,(H,14,15). The van der Waals surface area contributed by atoms with Crippen LogP contribution in [0.1, 0.15) is 5.56 Å². The molecule has 4 heteroatoms. The Kier molecular flexibility index (Phi) is 3.55. The van der Waals surface area contributed by atoms with Crippen molar-refractivity contribution >= 4 is 5.91 Å². The van der Waals surface area contributed by atoms with Crippen molar-refractivity contribution in [1.82, 2.24) is 5.32 Å². The lowest BCUT2D eigenvalue weighted by Crippen LogP contribution is -2.33. The van der Waals surface area contributed by atoms with Gasteiger partial charge < -0.3 is 5.32 Å². The van der Waals surface area contributed by atoms with E-state index in [1.54, 1.807) is 6.07 Å². The minimum atomic E-state index is -3.06. The highest BCUT2D eigenvalue weighted by molar-refractivity contribution is 5.86. The summed E-state index contributed by atoms with van der Waals surface area (Å²) < 4.78 is 26.8. The van der Waals surface area contributed by atoms with Crippen LogP contribution in [0, 0.1) is 0 Å². The Bertz CT molecular complexity index is 349.